The quantitative estimate of drug-likeness (QED) is 0.175. The molecular weight excluding hydrogens is 709 g/mol. The minimum atomic E-state index is -1.04. The van der Waals surface area contributed by atoms with Crippen LogP contribution in [0.25, 0.3) is 0 Å². The lowest BCUT2D eigenvalue weighted by molar-refractivity contribution is -0.132. The fourth-order valence-corrected chi connectivity index (χ4v) is 7.35. The molecule has 2 aromatic carbocycles. The average Bonchev–Trinajstić information content (AvgIpc) is 3.79. The molecular formula is C40H56N6O7S. The van der Waals surface area contributed by atoms with E-state index >= 15 is 0 Å². The standard InChI is InChI=1S/C40H56N6O7S/c1-25(2)35(43-39(50)51-22-29-23-54-38(41-29)26(3)4)37(49)42-30(17-27-11-9-8-10-12-27)32(47)21-46-16-15-45(20-31(46)36(48)44-40(5,6)7)19-28-13-14-33-34(18-28)53-24-52-33/h8-14,18,23,25-26,30-32,35,47H,15-17,19-22,24H2,1-7H3,(H,42,49)(H,43,50)(H,44,48)/t30-,31-,32+,35-/m0/s1. The van der Waals surface area contributed by atoms with Gasteiger partial charge in [-0.25, -0.2) is 9.78 Å². The average molecular weight is 765 g/mol. The first-order valence-corrected chi connectivity index (χ1v) is 19.6. The number of nitrogens with one attached hydrogen (secondary N) is 3. The van der Waals surface area contributed by atoms with Gasteiger partial charge in [-0.05, 0) is 56.4 Å². The molecule has 0 unspecified atom stereocenters. The summed E-state index contributed by atoms with van der Waals surface area (Å²) in [5.74, 6) is 0.865. The SMILES string of the molecule is CC(C)c1nc(COC(=O)N[C@H](C(=O)N[C@@H](Cc2ccccc2)[C@H](O)CN2CCN(Cc3ccc4c(c3)OCO4)C[C@H]2C(=O)NC(C)(C)C)C(C)C)cs1. The van der Waals surface area contributed by atoms with Gasteiger partial charge in [0.1, 0.15) is 18.7 Å². The Bertz CT molecular complexity index is 1710. The first kappa shape index (κ1) is 40.9. The van der Waals surface area contributed by atoms with Crippen LogP contribution < -0.4 is 25.4 Å². The zero-order valence-corrected chi connectivity index (χ0v) is 33.3. The third kappa shape index (κ3) is 11.6. The van der Waals surface area contributed by atoms with E-state index in [0.29, 0.717) is 44.0 Å². The lowest BCUT2D eigenvalue weighted by atomic mass is 9.97. The Hall–Kier alpha value is -4.24. The number of hydrogen-bond acceptors (Lipinski definition) is 11. The molecule has 13 nitrogen and oxygen atoms in total. The molecule has 3 amide bonds. The minimum absolute atomic E-state index is 0.00918. The zero-order chi connectivity index (χ0) is 39.0. The molecule has 3 aromatic rings. The molecule has 0 radical (unpaired) electrons. The van der Waals surface area contributed by atoms with Crippen molar-refractivity contribution in [1.82, 2.24) is 30.7 Å². The van der Waals surface area contributed by atoms with Crippen molar-refractivity contribution in [3.05, 3.63) is 75.7 Å². The second-order valence-electron chi connectivity index (χ2n) is 15.8. The van der Waals surface area contributed by atoms with Gasteiger partial charge in [0.2, 0.25) is 18.6 Å². The summed E-state index contributed by atoms with van der Waals surface area (Å²) < 4.78 is 16.5. The van der Waals surface area contributed by atoms with Gasteiger partial charge in [-0.2, -0.15) is 0 Å². The zero-order valence-electron chi connectivity index (χ0n) is 32.5. The number of amides is 3. The Balaban J connectivity index is 1.27. The summed E-state index contributed by atoms with van der Waals surface area (Å²) in [6.07, 6.45) is -1.43. The summed E-state index contributed by atoms with van der Waals surface area (Å²) in [4.78, 5) is 49.3. The second kappa shape index (κ2) is 18.4. The van der Waals surface area contributed by atoms with Gasteiger partial charge in [-0.1, -0.05) is 64.1 Å². The maximum absolute atomic E-state index is 13.9. The van der Waals surface area contributed by atoms with Gasteiger partial charge in [0.05, 0.1) is 22.8 Å². The number of alkyl carbamates (subject to hydrolysis) is 1. The molecule has 2 aliphatic heterocycles. The van der Waals surface area contributed by atoms with Crippen LogP contribution in [0.5, 0.6) is 11.5 Å². The number of fused-ring (bicyclic) bond motifs is 1. The van der Waals surface area contributed by atoms with Crippen molar-refractivity contribution in [3.8, 4) is 11.5 Å². The van der Waals surface area contributed by atoms with Crippen molar-refractivity contribution < 1.29 is 33.7 Å². The summed E-state index contributed by atoms with van der Waals surface area (Å²) in [5, 5.41) is 23.6. The number of benzene rings is 2. The third-order valence-corrected chi connectivity index (χ3v) is 10.6. The molecule has 0 saturated carbocycles. The Morgan fingerprint density at radius 3 is 2.43 bits per heavy atom. The number of rotatable bonds is 15. The molecule has 0 bridgehead atoms. The van der Waals surface area contributed by atoms with Crippen LogP contribution in [0.3, 0.4) is 0 Å². The summed E-state index contributed by atoms with van der Waals surface area (Å²) in [7, 11) is 0. The maximum atomic E-state index is 13.9. The van der Waals surface area contributed by atoms with E-state index in [-0.39, 0.29) is 37.7 Å². The van der Waals surface area contributed by atoms with Crippen LogP contribution in [0.15, 0.2) is 53.9 Å². The third-order valence-electron chi connectivity index (χ3n) is 9.37. The van der Waals surface area contributed by atoms with Gasteiger partial charge < -0.3 is 35.3 Å². The van der Waals surface area contributed by atoms with Crippen LogP contribution in [-0.2, 0) is 33.9 Å². The predicted molar refractivity (Wildman–Crippen MR) is 207 cm³/mol. The maximum Gasteiger partial charge on any atom is 0.408 e. The first-order chi connectivity index (χ1) is 25.6. The highest BCUT2D eigenvalue weighted by molar-refractivity contribution is 7.09. The van der Waals surface area contributed by atoms with Crippen molar-refractivity contribution in [2.75, 3.05) is 33.0 Å². The van der Waals surface area contributed by atoms with Crippen molar-refractivity contribution in [2.24, 2.45) is 5.92 Å². The lowest BCUT2D eigenvalue weighted by Crippen LogP contribution is -2.63. The van der Waals surface area contributed by atoms with E-state index in [1.165, 1.54) is 11.3 Å². The monoisotopic (exact) mass is 764 g/mol. The summed E-state index contributed by atoms with van der Waals surface area (Å²) in [6, 6.07) is 13.3. The number of piperazine rings is 1. The number of aliphatic hydroxyl groups is 1. The Kier molecular flexibility index (Phi) is 13.9. The highest BCUT2D eigenvalue weighted by Crippen LogP contribution is 2.33. The molecule has 1 fully saturated rings. The summed E-state index contributed by atoms with van der Waals surface area (Å²) in [5.41, 5.74) is 2.17. The Labute approximate surface area is 322 Å². The first-order valence-electron chi connectivity index (χ1n) is 18.7. The van der Waals surface area contributed by atoms with Gasteiger partial charge >= 0.3 is 6.09 Å². The molecule has 0 aliphatic carbocycles. The Morgan fingerprint density at radius 2 is 1.74 bits per heavy atom. The largest absolute Gasteiger partial charge is 0.454 e. The van der Waals surface area contributed by atoms with Crippen LogP contribution >= 0.6 is 11.3 Å². The molecule has 4 N–H and O–H groups in total. The van der Waals surface area contributed by atoms with Crippen molar-refractivity contribution in [2.45, 2.75) is 104 Å². The Morgan fingerprint density at radius 1 is 1.00 bits per heavy atom. The van der Waals surface area contributed by atoms with Crippen LogP contribution in [0.2, 0.25) is 0 Å². The number of hydrogen-bond donors (Lipinski definition) is 4. The molecule has 2 aliphatic rings. The summed E-state index contributed by atoms with van der Waals surface area (Å²) in [6.45, 7) is 16.2. The molecule has 4 atom stereocenters. The van der Waals surface area contributed by atoms with E-state index in [9.17, 15) is 19.5 Å². The number of carbonyl (C=O) groups is 3. The fourth-order valence-electron chi connectivity index (χ4n) is 6.53. The number of carbonyl (C=O) groups excluding carboxylic acids is 3. The van der Waals surface area contributed by atoms with Gasteiger partial charge in [0.25, 0.3) is 0 Å². The number of aliphatic hydroxyl groups excluding tert-OH is 1. The van der Waals surface area contributed by atoms with E-state index < -0.39 is 41.8 Å². The predicted octanol–water partition coefficient (Wildman–Crippen LogP) is 4.44. The van der Waals surface area contributed by atoms with Gasteiger partial charge in [0, 0.05) is 49.6 Å². The molecule has 14 heteroatoms. The van der Waals surface area contributed by atoms with Crippen LogP contribution in [0.4, 0.5) is 4.79 Å². The van der Waals surface area contributed by atoms with Crippen molar-refractivity contribution in [1.29, 1.82) is 0 Å². The second-order valence-corrected chi connectivity index (χ2v) is 16.7. The van der Waals surface area contributed by atoms with Crippen molar-refractivity contribution in [3.63, 3.8) is 0 Å². The molecule has 1 aromatic heterocycles. The van der Waals surface area contributed by atoms with Crippen LogP contribution in [-0.4, -0.2) is 101 Å². The van der Waals surface area contributed by atoms with Crippen LogP contribution in [0, 0.1) is 5.92 Å². The smallest absolute Gasteiger partial charge is 0.408 e. The highest BCUT2D eigenvalue weighted by atomic mass is 32.1. The fraction of sp³-hybridized carbons (Fsp3) is 0.550. The van der Waals surface area contributed by atoms with Gasteiger partial charge in [0.15, 0.2) is 11.5 Å². The topological polar surface area (TPSA) is 155 Å². The van der Waals surface area contributed by atoms with E-state index in [1.807, 2.05) is 93.4 Å². The van der Waals surface area contributed by atoms with E-state index in [0.717, 1.165) is 21.9 Å². The van der Waals surface area contributed by atoms with E-state index in [2.05, 4.69) is 39.7 Å². The van der Waals surface area contributed by atoms with Gasteiger partial charge in [-0.15, -0.1) is 11.3 Å². The lowest BCUT2D eigenvalue weighted by Gasteiger charge is -2.43. The van der Waals surface area contributed by atoms with E-state index in [1.54, 1.807) is 0 Å². The number of aromatic nitrogens is 1. The normalized spacial score (nSPS) is 17.9. The molecule has 3 heterocycles. The molecule has 0 spiro atoms. The molecule has 294 valence electrons. The number of nitrogens with zero attached hydrogens (tertiary/aromatic N) is 3. The molecule has 5 rings (SSSR count). The highest BCUT2D eigenvalue weighted by Gasteiger charge is 2.37. The molecule has 1 saturated heterocycles. The number of β-amino-alcohol motifs (C(OH)–C–C–N with tert-alkyl or cyclic N) is 1. The van der Waals surface area contributed by atoms with Gasteiger partial charge in [-0.3, -0.25) is 19.4 Å². The number of ether oxygens (including phenoxy) is 3. The van der Waals surface area contributed by atoms with Crippen LogP contribution in [0.1, 0.15) is 76.2 Å². The molecule has 54 heavy (non-hydrogen) atoms. The minimum Gasteiger partial charge on any atom is -0.454 e. The van der Waals surface area contributed by atoms with E-state index in [4.69, 9.17) is 14.2 Å². The summed E-state index contributed by atoms with van der Waals surface area (Å²) >= 11 is 1.52. The van der Waals surface area contributed by atoms with Crippen molar-refractivity contribution >= 4 is 29.2 Å². The number of thiazole rings is 1.